The van der Waals surface area contributed by atoms with Crippen molar-refractivity contribution in [1.82, 2.24) is 14.4 Å². The summed E-state index contributed by atoms with van der Waals surface area (Å²) in [7, 11) is 0. The quantitative estimate of drug-likeness (QED) is 0.536. The summed E-state index contributed by atoms with van der Waals surface area (Å²) in [6.45, 7) is 0. The summed E-state index contributed by atoms with van der Waals surface area (Å²) in [5, 5.41) is 0.718. The fraction of sp³-hybridized carbons (Fsp3) is 0. The van der Waals surface area contributed by atoms with Gasteiger partial charge in [-0.15, -0.1) is 0 Å². The van der Waals surface area contributed by atoms with Crippen molar-refractivity contribution in [3.05, 3.63) is 78.2 Å². The van der Waals surface area contributed by atoms with E-state index in [9.17, 15) is 0 Å². The molecule has 2 aromatic carbocycles. The fourth-order valence-corrected chi connectivity index (χ4v) is 2.61. The van der Waals surface area contributed by atoms with E-state index in [1.807, 2.05) is 71.4 Å². The molecule has 0 N–H and O–H groups in total. The molecule has 0 bridgehead atoms. The maximum Gasteiger partial charge on any atom is 0.163 e. The molecule has 2 aromatic heterocycles. The number of benzene rings is 2. The molecule has 0 atom stereocenters. The zero-order valence-electron chi connectivity index (χ0n) is 11.6. The highest BCUT2D eigenvalue weighted by molar-refractivity contribution is 6.30. The van der Waals surface area contributed by atoms with Crippen LogP contribution in [0.1, 0.15) is 0 Å². The van der Waals surface area contributed by atoms with Gasteiger partial charge in [-0.3, -0.25) is 0 Å². The van der Waals surface area contributed by atoms with E-state index in [0.29, 0.717) is 0 Å². The fourth-order valence-electron chi connectivity index (χ4n) is 2.48. The predicted octanol–water partition coefficient (Wildman–Crippen LogP) is 4.72. The van der Waals surface area contributed by atoms with E-state index in [0.717, 1.165) is 33.2 Å². The lowest BCUT2D eigenvalue weighted by Gasteiger charge is -2.08. The smallest absolute Gasteiger partial charge is 0.163 e. The van der Waals surface area contributed by atoms with Gasteiger partial charge in [0, 0.05) is 34.7 Å². The van der Waals surface area contributed by atoms with Crippen LogP contribution >= 0.6 is 11.6 Å². The average molecular weight is 306 g/mol. The Bertz CT molecular complexity index is 928. The molecule has 4 aromatic rings. The van der Waals surface area contributed by atoms with Crippen molar-refractivity contribution in [3.8, 4) is 22.5 Å². The van der Waals surface area contributed by atoms with Crippen LogP contribution in [0.25, 0.3) is 28.2 Å². The lowest BCUT2D eigenvalue weighted by atomic mass is 10.1. The number of nitrogens with zero attached hydrogens (tertiary/aromatic N) is 3. The number of fused-ring (bicyclic) bond motifs is 1. The molecule has 0 fully saturated rings. The van der Waals surface area contributed by atoms with Gasteiger partial charge in [-0.2, -0.15) is 0 Å². The molecule has 106 valence electrons. The molecule has 0 unspecified atom stereocenters. The van der Waals surface area contributed by atoms with Gasteiger partial charge in [0.25, 0.3) is 0 Å². The first-order chi connectivity index (χ1) is 10.8. The highest BCUT2D eigenvalue weighted by Crippen LogP contribution is 2.26. The summed E-state index contributed by atoms with van der Waals surface area (Å²) in [6.07, 6.45) is 5.70. The molecular formula is C18H12ClN3. The maximum atomic E-state index is 5.97. The first-order valence-electron chi connectivity index (χ1n) is 6.96. The van der Waals surface area contributed by atoms with Gasteiger partial charge in [-0.25, -0.2) is 9.97 Å². The normalized spacial score (nSPS) is 11.0. The van der Waals surface area contributed by atoms with Crippen LogP contribution < -0.4 is 0 Å². The average Bonchev–Trinajstić information content (AvgIpc) is 3.04. The van der Waals surface area contributed by atoms with Crippen molar-refractivity contribution >= 4 is 17.2 Å². The largest absolute Gasteiger partial charge is 0.303 e. The zero-order chi connectivity index (χ0) is 14.9. The second kappa shape index (κ2) is 5.28. The van der Waals surface area contributed by atoms with E-state index >= 15 is 0 Å². The van der Waals surface area contributed by atoms with Crippen LogP contribution in [-0.4, -0.2) is 14.4 Å². The van der Waals surface area contributed by atoms with E-state index in [1.54, 1.807) is 6.20 Å². The molecule has 4 heteroatoms. The molecule has 3 nitrogen and oxygen atoms in total. The number of imidazole rings is 1. The lowest BCUT2D eigenvalue weighted by Crippen LogP contribution is -1.95. The number of rotatable bonds is 2. The SMILES string of the molecule is Clc1ccc(-c2cn3ccnc3c(-c3ccccc3)n2)cc1. The summed E-state index contributed by atoms with van der Waals surface area (Å²) < 4.78 is 2.00. The van der Waals surface area contributed by atoms with E-state index in [4.69, 9.17) is 16.6 Å². The highest BCUT2D eigenvalue weighted by atomic mass is 35.5. The maximum absolute atomic E-state index is 5.97. The molecule has 0 saturated heterocycles. The first kappa shape index (κ1) is 13.0. The molecule has 4 rings (SSSR count). The summed E-state index contributed by atoms with van der Waals surface area (Å²) in [4.78, 5) is 9.24. The summed E-state index contributed by atoms with van der Waals surface area (Å²) in [5.74, 6) is 0. The van der Waals surface area contributed by atoms with Crippen molar-refractivity contribution in [2.45, 2.75) is 0 Å². The number of aromatic nitrogens is 3. The monoisotopic (exact) mass is 305 g/mol. The summed E-state index contributed by atoms with van der Waals surface area (Å²) in [6, 6.07) is 17.8. The minimum absolute atomic E-state index is 0.718. The van der Waals surface area contributed by atoms with Crippen LogP contribution in [0.5, 0.6) is 0 Å². The molecule has 2 heterocycles. The second-order valence-corrected chi connectivity index (χ2v) is 5.44. The van der Waals surface area contributed by atoms with Crippen LogP contribution in [0.3, 0.4) is 0 Å². The van der Waals surface area contributed by atoms with Crippen LogP contribution in [0, 0.1) is 0 Å². The molecule has 0 saturated carbocycles. The zero-order valence-corrected chi connectivity index (χ0v) is 12.4. The van der Waals surface area contributed by atoms with Crippen molar-refractivity contribution < 1.29 is 0 Å². The third-order valence-electron chi connectivity index (χ3n) is 3.56. The standard InChI is InChI=1S/C18H12ClN3/c19-15-8-6-13(7-9-15)16-12-22-11-10-20-18(22)17(21-16)14-4-2-1-3-5-14/h1-12H. The van der Waals surface area contributed by atoms with Gasteiger partial charge in [0.2, 0.25) is 0 Å². The Hall–Kier alpha value is -2.65. The summed E-state index contributed by atoms with van der Waals surface area (Å²) >= 11 is 5.97. The van der Waals surface area contributed by atoms with Gasteiger partial charge in [0.05, 0.1) is 5.69 Å². The van der Waals surface area contributed by atoms with Crippen molar-refractivity contribution in [2.24, 2.45) is 0 Å². The highest BCUT2D eigenvalue weighted by Gasteiger charge is 2.10. The molecule has 0 spiro atoms. The molecule has 0 aliphatic heterocycles. The van der Waals surface area contributed by atoms with Gasteiger partial charge >= 0.3 is 0 Å². The number of halogens is 1. The number of hydrogen-bond donors (Lipinski definition) is 0. The molecule has 22 heavy (non-hydrogen) atoms. The summed E-state index contributed by atoms with van der Waals surface area (Å²) in [5.41, 5.74) is 4.69. The van der Waals surface area contributed by atoms with Crippen LogP contribution in [0.15, 0.2) is 73.2 Å². The van der Waals surface area contributed by atoms with Crippen LogP contribution in [-0.2, 0) is 0 Å². The van der Waals surface area contributed by atoms with Gasteiger partial charge in [0.1, 0.15) is 5.69 Å². The minimum Gasteiger partial charge on any atom is -0.303 e. The first-order valence-corrected chi connectivity index (χ1v) is 7.34. The molecular weight excluding hydrogens is 294 g/mol. The van der Waals surface area contributed by atoms with Crippen LogP contribution in [0.4, 0.5) is 0 Å². The van der Waals surface area contributed by atoms with Gasteiger partial charge in [0.15, 0.2) is 5.65 Å². The van der Waals surface area contributed by atoms with Gasteiger partial charge in [-0.05, 0) is 12.1 Å². The minimum atomic E-state index is 0.718. The predicted molar refractivity (Wildman–Crippen MR) is 88.9 cm³/mol. The van der Waals surface area contributed by atoms with Crippen LogP contribution in [0.2, 0.25) is 5.02 Å². The van der Waals surface area contributed by atoms with Crippen molar-refractivity contribution in [2.75, 3.05) is 0 Å². The van der Waals surface area contributed by atoms with Gasteiger partial charge < -0.3 is 4.40 Å². The Morgan fingerprint density at radius 1 is 0.864 bits per heavy atom. The third-order valence-corrected chi connectivity index (χ3v) is 3.81. The Morgan fingerprint density at radius 3 is 2.41 bits per heavy atom. The Kier molecular flexibility index (Phi) is 3.13. The van der Waals surface area contributed by atoms with E-state index < -0.39 is 0 Å². The van der Waals surface area contributed by atoms with E-state index in [1.165, 1.54) is 0 Å². The Morgan fingerprint density at radius 2 is 1.64 bits per heavy atom. The third kappa shape index (κ3) is 2.26. The molecule has 0 amide bonds. The lowest BCUT2D eigenvalue weighted by molar-refractivity contribution is 1.13. The van der Waals surface area contributed by atoms with E-state index in [2.05, 4.69) is 4.98 Å². The van der Waals surface area contributed by atoms with E-state index in [-0.39, 0.29) is 0 Å². The Balaban J connectivity index is 1.96. The molecule has 0 radical (unpaired) electrons. The topological polar surface area (TPSA) is 30.2 Å². The van der Waals surface area contributed by atoms with Crippen molar-refractivity contribution in [3.63, 3.8) is 0 Å². The number of hydrogen-bond acceptors (Lipinski definition) is 2. The molecule has 0 aliphatic carbocycles. The molecule has 0 aliphatic rings. The second-order valence-electron chi connectivity index (χ2n) is 5.01. The van der Waals surface area contributed by atoms with Crippen molar-refractivity contribution in [1.29, 1.82) is 0 Å². The van der Waals surface area contributed by atoms with Gasteiger partial charge in [-0.1, -0.05) is 54.1 Å². The Labute approximate surface area is 132 Å².